The first kappa shape index (κ1) is 13.2. The summed E-state index contributed by atoms with van der Waals surface area (Å²) in [5, 5.41) is 8.58. The molecule has 1 aromatic carbocycles. The molecule has 0 aliphatic rings. The van der Waals surface area contributed by atoms with E-state index in [-0.39, 0.29) is 12.5 Å². The SMILES string of the molecule is COCC(C)OC(=O)c1cccc(CC#N)c1. The van der Waals surface area contributed by atoms with Gasteiger partial charge >= 0.3 is 5.97 Å². The summed E-state index contributed by atoms with van der Waals surface area (Å²) < 4.78 is 10.0. The number of benzene rings is 1. The second-order valence-electron chi connectivity index (χ2n) is 3.71. The molecule has 0 aliphatic carbocycles. The van der Waals surface area contributed by atoms with Gasteiger partial charge in [-0.25, -0.2) is 4.79 Å². The molecule has 0 saturated carbocycles. The number of methoxy groups -OCH3 is 1. The van der Waals surface area contributed by atoms with Crippen molar-refractivity contribution in [3.05, 3.63) is 35.4 Å². The fourth-order valence-corrected chi connectivity index (χ4v) is 1.42. The molecular formula is C13H15NO3. The molecule has 1 unspecified atom stereocenters. The third-order valence-electron chi connectivity index (χ3n) is 2.16. The molecule has 0 radical (unpaired) electrons. The van der Waals surface area contributed by atoms with Crippen molar-refractivity contribution in [1.82, 2.24) is 0 Å². The summed E-state index contributed by atoms with van der Waals surface area (Å²) in [6, 6.07) is 8.92. The van der Waals surface area contributed by atoms with Crippen molar-refractivity contribution in [3.63, 3.8) is 0 Å². The van der Waals surface area contributed by atoms with Crippen LogP contribution in [0.3, 0.4) is 0 Å². The zero-order valence-corrected chi connectivity index (χ0v) is 9.97. The lowest BCUT2D eigenvalue weighted by atomic mass is 10.1. The van der Waals surface area contributed by atoms with E-state index >= 15 is 0 Å². The quantitative estimate of drug-likeness (QED) is 0.729. The highest BCUT2D eigenvalue weighted by Gasteiger charge is 2.11. The van der Waals surface area contributed by atoms with Crippen molar-refractivity contribution in [2.75, 3.05) is 13.7 Å². The van der Waals surface area contributed by atoms with Crippen molar-refractivity contribution in [2.45, 2.75) is 19.4 Å². The number of nitrogens with zero attached hydrogens (tertiary/aromatic N) is 1. The molecule has 1 rings (SSSR count). The second kappa shape index (κ2) is 6.66. The number of hydrogen-bond donors (Lipinski definition) is 0. The van der Waals surface area contributed by atoms with Crippen LogP contribution in [0.5, 0.6) is 0 Å². The molecule has 0 aliphatic heterocycles. The molecule has 0 aromatic heterocycles. The number of nitriles is 1. The molecule has 0 N–H and O–H groups in total. The van der Waals surface area contributed by atoms with E-state index in [0.717, 1.165) is 5.56 Å². The summed E-state index contributed by atoms with van der Waals surface area (Å²) in [6.07, 6.45) is 0.00138. The number of carbonyl (C=O) groups is 1. The summed E-state index contributed by atoms with van der Waals surface area (Å²) in [6.45, 7) is 2.13. The fraction of sp³-hybridized carbons (Fsp3) is 0.385. The van der Waals surface area contributed by atoms with Gasteiger partial charge in [0.1, 0.15) is 6.10 Å². The number of rotatable bonds is 5. The van der Waals surface area contributed by atoms with Gasteiger partial charge in [-0.3, -0.25) is 0 Å². The Hall–Kier alpha value is -1.86. The summed E-state index contributed by atoms with van der Waals surface area (Å²) in [4.78, 5) is 11.7. The maximum Gasteiger partial charge on any atom is 0.338 e. The fourth-order valence-electron chi connectivity index (χ4n) is 1.42. The Balaban J connectivity index is 2.69. The first-order valence-electron chi connectivity index (χ1n) is 5.33. The van der Waals surface area contributed by atoms with Gasteiger partial charge in [-0.15, -0.1) is 0 Å². The van der Waals surface area contributed by atoms with E-state index in [0.29, 0.717) is 12.2 Å². The minimum Gasteiger partial charge on any atom is -0.457 e. The van der Waals surface area contributed by atoms with Crippen LogP contribution in [0.2, 0.25) is 0 Å². The molecule has 0 amide bonds. The van der Waals surface area contributed by atoms with Gasteiger partial charge in [0, 0.05) is 7.11 Å². The number of ether oxygens (including phenoxy) is 2. The van der Waals surface area contributed by atoms with Crippen LogP contribution in [-0.4, -0.2) is 25.8 Å². The highest BCUT2D eigenvalue weighted by molar-refractivity contribution is 5.89. The molecule has 0 bridgehead atoms. The Morgan fingerprint density at radius 2 is 2.29 bits per heavy atom. The van der Waals surface area contributed by atoms with Gasteiger partial charge in [-0.2, -0.15) is 5.26 Å². The summed E-state index contributed by atoms with van der Waals surface area (Å²) in [5.41, 5.74) is 1.27. The standard InChI is InChI=1S/C13H15NO3/c1-10(9-16-2)17-13(15)12-5-3-4-11(8-12)6-7-14/h3-5,8,10H,6,9H2,1-2H3. The average molecular weight is 233 g/mol. The zero-order valence-electron chi connectivity index (χ0n) is 9.97. The van der Waals surface area contributed by atoms with Gasteiger partial charge in [-0.05, 0) is 24.6 Å². The van der Waals surface area contributed by atoms with Crippen LogP contribution in [0.25, 0.3) is 0 Å². The van der Waals surface area contributed by atoms with Gasteiger partial charge in [-0.1, -0.05) is 12.1 Å². The Morgan fingerprint density at radius 1 is 1.53 bits per heavy atom. The van der Waals surface area contributed by atoms with E-state index in [1.807, 2.05) is 6.07 Å². The van der Waals surface area contributed by atoms with Crippen molar-refractivity contribution < 1.29 is 14.3 Å². The Morgan fingerprint density at radius 3 is 2.94 bits per heavy atom. The van der Waals surface area contributed by atoms with E-state index in [4.69, 9.17) is 14.7 Å². The minimum absolute atomic E-state index is 0.285. The predicted octanol–water partition coefficient (Wildman–Crippen LogP) is 1.94. The molecule has 17 heavy (non-hydrogen) atoms. The lowest BCUT2D eigenvalue weighted by Gasteiger charge is -2.12. The van der Waals surface area contributed by atoms with Gasteiger partial charge < -0.3 is 9.47 Å². The van der Waals surface area contributed by atoms with E-state index < -0.39 is 5.97 Å². The molecule has 1 atom stereocenters. The van der Waals surface area contributed by atoms with Gasteiger partial charge in [0.2, 0.25) is 0 Å². The lowest BCUT2D eigenvalue weighted by Crippen LogP contribution is -2.19. The Labute approximate surface area is 101 Å². The maximum atomic E-state index is 11.7. The van der Waals surface area contributed by atoms with Crippen LogP contribution < -0.4 is 0 Å². The molecular weight excluding hydrogens is 218 g/mol. The molecule has 0 heterocycles. The van der Waals surface area contributed by atoms with Crippen LogP contribution in [0, 0.1) is 11.3 Å². The Bertz CT molecular complexity index is 423. The maximum absolute atomic E-state index is 11.7. The van der Waals surface area contributed by atoms with E-state index in [1.165, 1.54) is 0 Å². The molecule has 4 nitrogen and oxygen atoms in total. The molecule has 0 fully saturated rings. The molecule has 0 spiro atoms. The van der Waals surface area contributed by atoms with Crippen molar-refractivity contribution in [3.8, 4) is 6.07 Å². The van der Waals surface area contributed by atoms with Crippen LogP contribution in [0.15, 0.2) is 24.3 Å². The smallest absolute Gasteiger partial charge is 0.338 e. The molecule has 1 aromatic rings. The topological polar surface area (TPSA) is 59.3 Å². The van der Waals surface area contributed by atoms with Crippen molar-refractivity contribution in [1.29, 1.82) is 5.26 Å². The monoisotopic (exact) mass is 233 g/mol. The van der Waals surface area contributed by atoms with E-state index in [9.17, 15) is 4.79 Å². The van der Waals surface area contributed by atoms with Gasteiger partial charge in [0.15, 0.2) is 0 Å². The largest absolute Gasteiger partial charge is 0.457 e. The number of esters is 1. The number of hydrogen-bond acceptors (Lipinski definition) is 4. The van der Waals surface area contributed by atoms with Crippen molar-refractivity contribution in [2.24, 2.45) is 0 Å². The first-order valence-corrected chi connectivity index (χ1v) is 5.33. The van der Waals surface area contributed by atoms with Crippen LogP contribution in [0.4, 0.5) is 0 Å². The number of carbonyl (C=O) groups excluding carboxylic acids is 1. The third kappa shape index (κ3) is 4.25. The first-order chi connectivity index (χ1) is 8.17. The van der Waals surface area contributed by atoms with Crippen molar-refractivity contribution >= 4 is 5.97 Å². The highest BCUT2D eigenvalue weighted by Crippen LogP contribution is 2.08. The lowest BCUT2D eigenvalue weighted by molar-refractivity contribution is 0.0120. The van der Waals surface area contributed by atoms with Gasteiger partial charge in [0.25, 0.3) is 0 Å². The average Bonchev–Trinajstić information content (AvgIpc) is 2.30. The predicted molar refractivity (Wildman–Crippen MR) is 62.5 cm³/mol. The highest BCUT2D eigenvalue weighted by atomic mass is 16.6. The molecule has 4 heteroatoms. The molecule has 0 saturated heterocycles. The van der Waals surface area contributed by atoms with Crippen LogP contribution >= 0.6 is 0 Å². The third-order valence-corrected chi connectivity index (χ3v) is 2.16. The van der Waals surface area contributed by atoms with Crippen LogP contribution in [0.1, 0.15) is 22.8 Å². The van der Waals surface area contributed by atoms with E-state index in [2.05, 4.69) is 0 Å². The van der Waals surface area contributed by atoms with Gasteiger partial charge in [0.05, 0.1) is 24.7 Å². The second-order valence-corrected chi connectivity index (χ2v) is 3.71. The zero-order chi connectivity index (χ0) is 12.7. The summed E-state index contributed by atoms with van der Waals surface area (Å²) in [7, 11) is 1.55. The van der Waals surface area contributed by atoms with E-state index in [1.54, 1.807) is 38.3 Å². The Kier molecular flexibility index (Phi) is 5.18. The minimum atomic E-state index is -0.394. The molecule has 90 valence electrons. The summed E-state index contributed by atoms with van der Waals surface area (Å²) >= 11 is 0. The normalized spacial score (nSPS) is 11.6. The summed E-state index contributed by atoms with van der Waals surface area (Å²) in [5.74, 6) is -0.394. The van der Waals surface area contributed by atoms with Crippen LogP contribution in [-0.2, 0) is 15.9 Å².